The Morgan fingerprint density at radius 3 is 2.77 bits per heavy atom. The molecule has 7 nitrogen and oxygen atoms in total. The number of carbonyl (C=O) groups is 2. The first-order valence-electron chi connectivity index (χ1n) is 10.1. The summed E-state index contributed by atoms with van der Waals surface area (Å²) in [6, 6.07) is 9.70. The van der Waals surface area contributed by atoms with E-state index in [0.717, 1.165) is 18.5 Å². The molecule has 1 aliphatic rings. The van der Waals surface area contributed by atoms with Gasteiger partial charge in [-0.2, -0.15) is 0 Å². The molecule has 156 valence electrons. The van der Waals surface area contributed by atoms with Gasteiger partial charge in [-0.3, -0.25) is 9.59 Å². The van der Waals surface area contributed by atoms with Crippen molar-refractivity contribution in [2.24, 2.45) is 0 Å². The molecule has 0 unspecified atom stereocenters. The van der Waals surface area contributed by atoms with E-state index in [1.807, 2.05) is 4.90 Å². The third kappa shape index (κ3) is 4.64. The summed E-state index contributed by atoms with van der Waals surface area (Å²) in [6.07, 6.45) is 4.22. The van der Waals surface area contributed by atoms with Crippen LogP contribution in [-0.4, -0.2) is 39.9 Å². The molecule has 1 aromatic carbocycles. The third-order valence-electron chi connectivity index (χ3n) is 5.42. The quantitative estimate of drug-likeness (QED) is 0.666. The van der Waals surface area contributed by atoms with E-state index in [9.17, 15) is 14.0 Å². The summed E-state index contributed by atoms with van der Waals surface area (Å²) in [5.41, 5.74) is 1.34. The largest absolute Gasteiger partial charge is 0.356 e. The average molecular weight is 410 g/mol. The van der Waals surface area contributed by atoms with E-state index >= 15 is 0 Å². The van der Waals surface area contributed by atoms with Gasteiger partial charge >= 0.3 is 0 Å². The topological polar surface area (TPSA) is 88.3 Å². The second-order valence-corrected chi connectivity index (χ2v) is 7.48. The fraction of sp³-hybridized carbons (Fsp3) is 0.364. The van der Waals surface area contributed by atoms with Gasteiger partial charge < -0.3 is 14.7 Å². The molecule has 2 amide bonds. The summed E-state index contributed by atoms with van der Waals surface area (Å²) in [7, 11) is 0. The molecule has 1 N–H and O–H groups in total. The smallest absolute Gasteiger partial charge is 0.225 e. The van der Waals surface area contributed by atoms with Crippen LogP contribution in [-0.2, 0) is 9.59 Å². The number of carbonyl (C=O) groups excluding carboxylic acids is 2. The molecule has 0 saturated carbocycles. The standard InChI is InChI=1S/C22H23FN4O3/c23-16-7-8-18-17(14-16)22(26-30-18)15-9-12-27(13-10-15)21(29)6-3-5-20(28)25-19-4-1-2-11-24-19/h1-2,4,7-8,11,14-15H,3,5-6,9-10,12-13H2,(H,24,25,28). The van der Waals surface area contributed by atoms with Gasteiger partial charge in [0.25, 0.3) is 0 Å². The van der Waals surface area contributed by atoms with Crippen LogP contribution in [0.5, 0.6) is 0 Å². The van der Waals surface area contributed by atoms with Gasteiger partial charge in [-0.15, -0.1) is 0 Å². The molecule has 0 aliphatic carbocycles. The van der Waals surface area contributed by atoms with Gasteiger partial charge in [-0.1, -0.05) is 11.2 Å². The maximum atomic E-state index is 13.6. The number of amides is 2. The highest BCUT2D eigenvalue weighted by molar-refractivity contribution is 5.90. The number of anilines is 1. The summed E-state index contributed by atoms with van der Waals surface area (Å²) < 4.78 is 18.9. The highest BCUT2D eigenvalue weighted by Crippen LogP contribution is 2.33. The van der Waals surface area contributed by atoms with Crippen molar-refractivity contribution in [3.05, 3.63) is 54.1 Å². The Bertz CT molecular complexity index is 1030. The molecule has 0 radical (unpaired) electrons. The van der Waals surface area contributed by atoms with Crippen LogP contribution in [0.4, 0.5) is 10.2 Å². The Labute approximate surface area is 173 Å². The van der Waals surface area contributed by atoms with Crippen LogP contribution < -0.4 is 5.32 Å². The number of nitrogens with one attached hydrogen (secondary N) is 1. The molecule has 0 atom stereocenters. The molecule has 0 spiro atoms. The van der Waals surface area contributed by atoms with Crippen LogP contribution >= 0.6 is 0 Å². The van der Waals surface area contributed by atoms with Crippen molar-refractivity contribution >= 4 is 28.6 Å². The van der Waals surface area contributed by atoms with Crippen LogP contribution in [0.2, 0.25) is 0 Å². The molecule has 0 bridgehead atoms. The minimum absolute atomic E-state index is 0.0511. The Hall–Kier alpha value is -3.29. The lowest BCUT2D eigenvalue weighted by Gasteiger charge is -2.31. The minimum Gasteiger partial charge on any atom is -0.356 e. The van der Waals surface area contributed by atoms with E-state index in [1.54, 1.807) is 30.5 Å². The fourth-order valence-electron chi connectivity index (χ4n) is 3.83. The fourth-order valence-corrected chi connectivity index (χ4v) is 3.83. The van der Waals surface area contributed by atoms with Crippen molar-refractivity contribution in [2.75, 3.05) is 18.4 Å². The monoisotopic (exact) mass is 410 g/mol. The van der Waals surface area contributed by atoms with Crippen molar-refractivity contribution in [3.8, 4) is 0 Å². The first-order valence-corrected chi connectivity index (χ1v) is 10.1. The van der Waals surface area contributed by atoms with Crippen molar-refractivity contribution in [1.82, 2.24) is 15.0 Å². The molecule has 2 aromatic heterocycles. The van der Waals surface area contributed by atoms with Crippen LogP contribution in [0.25, 0.3) is 11.0 Å². The molecular weight excluding hydrogens is 387 g/mol. The number of aromatic nitrogens is 2. The van der Waals surface area contributed by atoms with E-state index in [0.29, 0.717) is 42.7 Å². The average Bonchev–Trinajstić information content (AvgIpc) is 3.17. The third-order valence-corrected chi connectivity index (χ3v) is 5.42. The molecule has 8 heteroatoms. The first kappa shape index (κ1) is 20.0. The molecule has 3 aromatic rings. The van der Waals surface area contributed by atoms with E-state index in [4.69, 9.17) is 4.52 Å². The zero-order chi connectivity index (χ0) is 20.9. The van der Waals surface area contributed by atoms with E-state index in [-0.39, 0.29) is 30.0 Å². The zero-order valence-electron chi connectivity index (χ0n) is 16.5. The Balaban J connectivity index is 1.23. The summed E-state index contributed by atoms with van der Waals surface area (Å²) in [4.78, 5) is 30.3. The summed E-state index contributed by atoms with van der Waals surface area (Å²) in [5, 5.41) is 7.56. The number of fused-ring (bicyclic) bond motifs is 1. The molecule has 30 heavy (non-hydrogen) atoms. The van der Waals surface area contributed by atoms with Crippen LogP contribution in [0, 0.1) is 5.82 Å². The Morgan fingerprint density at radius 1 is 1.17 bits per heavy atom. The Kier molecular flexibility index (Phi) is 6.02. The first-order chi connectivity index (χ1) is 14.6. The van der Waals surface area contributed by atoms with Gasteiger partial charge in [0.05, 0.1) is 5.69 Å². The summed E-state index contributed by atoms with van der Waals surface area (Å²) in [6.45, 7) is 1.24. The summed E-state index contributed by atoms with van der Waals surface area (Å²) in [5.74, 6) is 0.240. The lowest BCUT2D eigenvalue weighted by molar-refractivity contribution is -0.132. The van der Waals surface area contributed by atoms with Gasteiger partial charge in [0.1, 0.15) is 11.6 Å². The lowest BCUT2D eigenvalue weighted by Crippen LogP contribution is -2.38. The van der Waals surface area contributed by atoms with Crippen molar-refractivity contribution in [3.63, 3.8) is 0 Å². The van der Waals surface area contributed by atoms with Crippen LogP contribution in [0.1, 0.15) is 43.7 Å². The number of hydrogen-bond acceptors (Lipinski definition) is 5. The van der Waals surface area contributed by atoms with Gasteiger partial charge in [-0.05, 0) is 49.6 Å². The second-order valence-electron chi connectivity index (χ2n) is 7.48. The van der Waals surface area contributed by atoms with Crippen molar-refractivity contribution in [1.29, 1.82) is 0 Å². The van der Waals surface area contributed by atoms with Gasteiger partial charge in [0, 0.05) is 43.4 Å². The van der Waals surface area contributed by atoms with Gasteiger partial charge in [0.2, 0.25) is 11.8 Å². The van der Waals surface area contributed by atoms with E-state index < -0.39 is 0 Å². The normalized spacial score (nSPS) is 14.8. The van der Waals surface area contributed by atoms with Gasteiger partial charge in [-0.25, -0.2) is 9.37 Å². The van der Waals surface area contributed by atoms with Crippen LogP contribution in [0.3, 0.4) is 0 Å². The molecular formula is C22H23FN4O3. The maximum Gasteiger partial charge on any atom is 0.225 e. The zero-order valence-corrected chi connectivity index (χ0v) is 16.5. The number of piperidine rings is 1. The lowest BCUT2D eigenvalue weighted by atomic mass is 9.91. The van der Waals surface area contributed by atoms with Crippen molar-refractivity contribution < 1.29 is 18.5 Å². The minimum atomic E-state index is -0.313. The molecule has 1 fully saturated rings. The SMILES string of the molecule is O=C(CCCC(=O)N1CCC(c2noc3ccc(F)cc23)CC1)Nc1ccccn1. The summed E-state index contributed by atoms with van der Waals surface area (Å²) >= 11 is 0. The molecule has 1 saturated heterocycles. The van der Waals surface area contributed by atoms with Gasteiger partial charge in [0.15, 0.2) is 5.58 Å². The number of rotatable bonds is 6. The molecule has 1 aliphatic heterocycles. The highest BCUT2D eigenvalue weighted by Gasteiger charge is 2.27. The number of benzene rings is 1. The number of nitrogens with zero attached hydrogens (tertiary/aromatic N) is 3. The molecule has 3 heterocycles. The number of likely N-dealkylation sites (tertiary alicyclic amines) is 1. The Morgan fingerprint density at radius 2 is 2.00 bits per heavy atom. The predicted molar refractivity (Wildman–Crippen MR) is 109 cm³/mol. The number of halogens is 1. The highest BCUT2D eigenvalue weighted by atomic mass is 19.1. The predicted octanol–water partition coefficient (Wildman–Crippen LogP) is 3.88. The van der Waals surface area contributed by atoms with Crippen LogP contribution in [0.15, 0.2) is 47.1 Å². The second kappa shape index (κ2) is 9.02. The van der Waals surface area contributed by atoms with Crippen molar-refractivity contribution in [2.45, 2.75) is 38.0 Å². The van der Waals surface area contributed by atoms with E-state index in [2.05, 4.69) is 15.5 Å². The molecule has 4 rings (SSSR count). The number of hydrogen-bond donors (Lipinski definition) is 1. The van der Waals surface area contributed by atoms with E-state index in [1.165, 1.54) is 12.1 Å². The maximum absolute atomic E-state index is 13.6. The number of pyridine rings is 1.